The van der Waals surface area contributed by atoms with Crippen molar-refractivity contribution < 1.29 is 12.8 Å². The number of fused-ring (bicyclic) bond motifs is 1. The Balaban J connectivity index is 1.46. The normalized spacial score (nSPS) is 16.0. The van der Waals surface area contributed by atoms with E-state index in [0.29, 0.717) is 11.4 Å². The number of benzene rings is 1. The third kappa shape index (κ3) is 5.34. The van der Waals surface area contributed by atoms with Gasteiger partial charge in [-0.25, -0.2) is 18.4 Å². The van der Waals surface area contributed by atoms with Gasteiger partial charge in [-0.05, 0) is 64.2 Å². The second kappa shape index (κ2) is 10.5. The summed E-state index contributed by atoms with van der Waals surface area (Å²) in [6.45, 7) is 4.87. The topological polar surface area (TPSA) is 159 Å². The lowest BCUT2D eigenvalue weighted by atomic mass is 10.2. The molecule has 1 aliphatic rings. The van der Waals surface area contributed by atoms with E-state index in [4.69, 9.17) is 4.42 Å². The van der Waals surface area contributed by atoms with Crippen molar-refractivity contribution >= 4 is 38.2 Å². The van der Waals surface area contributed by atoms with E-state index in [9.17, 15) is 18.5 Å². The van der Waals surface area contributed by atoms with Gasteiger partial charge in [-0.3, -0.25) is 9.36 Å². The van der Waals surface area contributed by atoms with Gasteiger partial charge in [0.25, 0.3) is 5.56 Å². The molecular weight excluding hydrogens is 520 g/mol. The third-order valence-corrected chi connectivity index (χ3v) is 8.73. The molecule has 1 fully saturated rings. The van der Waals surface area contributed by atoms with E-state index >= 15 is 0 Å². The first-order valence-electron chi connectivity index (χ1n) is 12.4. The van der Waals surface area contributed by atoms with Crippen LogP contribution in [0.4, 0.5) is 17.3 Å². The molecule has 39 heavy (non-hydrogen) atoms. The number of nitrogens with zero attached hydrogens (tertiary/aromatic N) is 6. The minimum absolute atomic E-state index is 0.0480. The molecule has 0 bridgehead atoms. The predicted octanol–water partition coefficient (Wildman–Crippen LogP) is 2.74. The highest BCUT2D eigenvalue weighted by Gasteiger charge is 2.28. The number of hydrogen-bond acceptors (Lipinski definition) is 11. The van der Waals surface area contributed by atoms with Crippen LogP contribution in [0.2, 0.25) is 0 Å². The van der Waals surface area contributed by atoms with Crippen LogP contribution in [0.3, 0.4) is 0 Å². The maximum absolute atomic E-state index is 13.1. The zero-order valence-electron chi connectivity index (χ0n) is 21.7. The van der Waals surface area contributed by atoms with E-state index in [1.165, 1.54) is 30.7 Å². The van der Waals surface area contributed by atoms with Gasteiger partial charge in [-0.2, -0.15) is 10.2 Å². The Labute approximate surface area is 225 Å². The zero-order chi connectivity index (χ0) is 27.7. The van der Waals surface area contributed by atoms with Crippen LogP contribution in [0, 0.1) is 11.3 Å². The molecule has 2 N–H and O–H groups in total. The van der Waals surface area contributed by atoms with Crippen molar-refractivity contribution in [3.63, 3.8) is 0 Å². The highest BCUT2D eigenvalue weighted by molar-refractivity contribution is 7.91. The molecule has 0 spiro atoms. The van der Waals surface area contributed by atoms with Gasteiger partial charge in [0, 0.05) is 35.5 Å². The molecule has 12 nitrogen and oxygen atoms in total. The quantitative estimate of drug-likeness (QED) is 0.333. The first kappa shape index (κ1) is 26.3. The van der Waals surface area contributed by atoms with Gasteiger partial charge in [0.2, 0.25) is 20.9 Å². The Morgan fingerprint density at radius 1 is 1.21 bits per heavy atom. The van der Waals surface area contributed by atoms with Gasteiger partial charge in [0.1, 0.15) is 23.0 Å². The van der Waals surface area contributed by atoms with Crippen LogP contribution in [0.25, 0.3) is 11.0 Å². The van der Waals surface area contributed by atoms with Crippen LogP contribution in [0.1, 0.15) is 31.5 Å². The fourth-order valence-electron chi connectivity index (χ4n) is 4.47. The summed E-state index contributed by atoms with van der Waals surface area (Å²) in [5.74, 6) is 0.230. The lowest BCUT2D eigenvalue weighted by molar-refractivity contribution is 0.414. The highest BCUT2D eigenvalue weighted by atomic mass is 32.2. The molecule has 1 unspecified atom stereocenters. The summed E-state index contributed by atoms with van der Waals surface area (Å²) in [5, 5.41) is 15.6. The Kier molecular flexibility index (Phi) is 7.07. The molecule has 202 valence electrons. The molecule has 0 saturated carbocycles. The Bertz CT molecular complexity index is 1720. The second-order valence-electron chi connectivity index (χ2n) is 9.81. The molecule has 13 heteroatoms. The van der Waals surface area contributed by atoms with Crippen LogP contribution >= 0.6 is 0 Å². The number of nitrogens with one attached hydrogen (secondary N) is 2. The van der Waals surface area contributed by atoms with Crippen LogP contribution in [-0.2, 0) is 16.4 Å². The maximum Gasteiger partial charge on any atom is 0.270 e. The van der Waals surface area contributed by atoms with Crippen molar-refractivity contribution in [2.75, 3.05) is 30.8 Å². The molecule has 0 amide bonds. The standard InChI is InChI=1S/C26H28N8O4S/c1-16(2)39(36,37)25-22(29-15-38-25)14-34-23-18(10-17(11-27)24(34)35)12-28-26(32-23)31-20-6-4-19(5-7-20)30-21-8-9-33(3)13-21/h4-7,10,12,15-16,21,30H,8-9,13-14H2,1-3H3,(H,28,31,32). The lowest BCUT2D eigenvalue weighted by Crippen LogP contribution is -2.26. The molecule has 1 aliphatic heterocycles. The van der Waals surface area contributed by atoms with E-state index < -0.39 is 20.6 Å². The number of anilines is 3. The minimum atomic E-state index is -3.79. The van der Waals surface area contributed by atoms with Crippen molar-refractivity contribution in [3.05, 3.63) is 64.5 Å². The Morgan fingerprint density at radius 3 is 2.62 bits per heavy atom. The first-order chi connectivity index (χ1) is 18.7. The van der Waals surface area contributed by atoms with Crippen LogP contribution < -0.4 is 16.2 Å². The highest BCUT2D eigenvalue weighted by Crippen LogP contribution is 2.23. The number of likely N-dealkylation sites (N-methyl/N-ethyl adjacent to an activating group) is 1. The van der Waals surface area contributed by atoms with Crippen molar-refractivity contribution in [2.24, 2.45) is 0 Å². The number of pyridine rings is 1. The monoisotopic (exact) mass is 548 g/mol. The first-order valence-corrected chi connectivity index (χ1v) is 14.0. The SMILES string of the molecule is CC(C)S(=O)(=O)c1ocnc1Cn1c(=O)c(C#N)cc2cnc(Nc3ccc(NC4CCN(C)C4)cc3)nc21. The number of hydrogen-bond donors (Lipinski definition) is 2. The van der Waals surface area contributed by atoms with Crippen LogP contribution in [0.5, 0.6) is 0 Å². The molecule has 1 saturated heterocycles. The van der Waals surface area contributed by atoms with Gasteiger partial charge < -0.3 is 20.0 Å². The van der Waals surface area contributed by atoms with E-state index in [1.807, 2.05) is 30.3 Å². The van der Waals surface area contributed by atoms with Crippen molar-refractivity contribution in [1.82, 2.24) is 24.4 Å². The molecular formula is C26H28N8O4S. The third-order valence-electron chi connectivity index (χ3n) is 6.64. The average molecular weight is 549 g/mol. The Morgan fingerprint density at radius 2 is 1.95 bits per heavy atom. The molecule has 1 atom stereocenters. The number of aromatic nitrogens is 4. The minimum Gasteiger partial charge on any atom is -0.432 e. The van der Waals surface area contributed by atoms with Crippen molar-refractivity contribution in [3.8, 4) is 6.07 Å². The molecule has 3 aromatic heterocycles. The lowest BCUT2D eigenvalue weighted by Gasteiger charge is -2.15. The summed E-state index contributed by atoms with van der Waals surface area (Å²) >= 11 is 0. The van der Waals surface area contributed by atoms with Crippen LogP contribution in [-0.4, -0.2) is 64.3 Å². The van der Waals surface area contributed by atoms with E-state index in [-0.39, 0.29) is 34.5 Å². The van der Waals surface area contributed by atoms with Gasteiger partial charge in [-0.15, -0.1) is 0 Å². The summed E-state index contributed by atoms with van der Waals surface area (Å²) < 4.78 is 31.9. The van der Waals surface area contributed by atoms with Crippen molar-refractivity contribution in [1.29, 1.82) is 5.26 Å². The predicted molar refractivity (Wildman–Crippen MR) is 146 cm³/mol. The molecule has 4 heterocycles. The fourth-order valence-corrected chi connectivity index (χ4v) is 5.52. The fraction of sp³-hybridized carbons (Fsp3) is 0.346. The summed E-state index contributed by atoms with van der Waals surface area (Å²) in [6, 6.07) is 11.4. The molecule has 1 aromatic carbocycles. The summed E-state index contributed by atoms with van der Waals surface area (Å²) in [4.78, 5) is 28.4. The number of oxazole rings is 1. The largest absolute Gasteiger partial charge is 0.432 e. The molecule has 0 radical (unpaired) electrons. The van der Waals surface area contributed by atoms with Gasteiger partial charge in [0.15, 0.2) is 6.39 Å². The molecule has 0 aliphatic carbocycles. The smallest absolute Gasteiger partial charge is 0.270 e. The molecule has 4 aromatic rings. The van der Waals surface area contributed by atoms with E-state index in [1.54, 1.807) is 0 Å². The Hall–Kier alpha value is -4.28. The second-order valence-corrected chi connectivity index (χ2v) is 12.2. The van der Waals surface area contributed by atoms with Gasteiger partial charge in [0.05, 0.1) is 11.8 Å². The number of sulfone groups is 1. The zero-order valence-corrected chi connectivity index (χ0v) is 22.6. The summed E-state index contributed by atoms with van der Waals surface area (Å²) in [6.07, 6.45) is 3.62. The summed E-state index contributed by atoms with van der Waals surface area (Å²) in [5.41, 5.74) is 1.27. The van der Waals surface area contributed by atoms with E-state index in [0.717, 1.165) is 37.3 Å². The maximum atomic E-state index is 13.1. The number of nitriles is 1. The van der Waals surface area contributed by atoms with Crippen LogP contribution in [0.15, 0.2) is 57.2 Å². The van der Waals surface area contributed by atoms with Gasteiger partial charge >= 0.3 is 0 Å². The number of likely N-dealkylation sites (tertiary alicyclic amines) is 1. The van der Waals surface area contributed by atoms with Crippen molar-refractivity contribution in [2.45, 2.75) is 43.2 Å². The van der Waals surface area contributed by atoms with Gasteiger partial charge in [-0.1, -0.05) is 0 Å². The average Bonchev–Trinajstić information content (AvgIpc) is 3.55. The molecule has 5 rings (SSSR count). The van der Waals surface area contributed by atoms with E-state index in [2.05, 4.69) is 37.5 Å². The number of rotatable bonds is 8. The summed E-state index contributed by atoms with van der Waals surface area (Å²) in [7, 11) is -1.68.